The molecule has 0 atom stereocenters. The van der Waals surface area contributed by atoms with E-state index in [1.165, 1.54) is 18.9 Å². The maximum Gasteiger partial charge on any atom is 0.257 e. The Kier molecular flexibility index (Phi) is 3.68. The molecule has 5 heteroatoms. The second-order valence-electron chi connectivity index (χ2n) is 4.40. The van der Waals surface area contributed by atoms with E-state index in [9.17, 15) is 4.79 Å². The number of hydrogen-bond acceptors (Lipinski definition) is 4. The van der Waals surface area contributed by atoms with Crippen LogP contribution in [0.4, 0.5) is 5.69 Å². The normalized spacial score (nSPS) is 13.7. The molecule has 3 N–H and O–H groups in total. The number of nitrogens with two attached hydrogens (primary N) is 1. The van der Waals surface area contributed by atoms with Crippen molar-refractivity contribution in [2.75, 3.05) is 18.9 Å². The van der Waals surface area contributed by atoms with Crippen LogP contribution in [0.15, 0.2) is 18.2 Å². The maximum atomic E-state index is 11.5. The van der Waals surface area contributed by atoms with Crippen molar-refractivity contribution in [1.82, 2.24) is 5.32 Å². The number of carbonyl (C=O) groups is 1. The third-order valence-corrected chi connectivity index (χ3v) is 2.78. The molecule has 5 nitrogen and oxygen atoms in total. The van der Waals surface area contributed by atoms with Crippen molar-refractivity contribution in [3.63, 3.8) is 0 Å². The lowest BCUT2D eigenvalue weighted by atomic mass is 10.2. The molecule has 0 radical (unpaired) electrons. The molecule has 0 heterocycles. The van der Waals surface area contributed by atoms with E-state index in [0.717, 1.165) is 6.54 Å². The monoisotopic (exact) mass is 245 g/mol. The Balaban J connectivity index is 1.81. The molecule has 1 aromatic carbocycles. The predicted molar refractivity (Wildman–Crippen MR) is 66.8 cm³/mol. The van der Waals surface area contributed by atoms with E-state index in [-0.39, 0.29) is 12.5 Å². The molecule has 0 unspecified atom stereocenters. The Morgan fingerprint density at radius 3 is 2.94 bits per heavy atom. The number of nitrogen functional groups attached to an aromatic ring is 1. The van der Waals surface area contributed by atoms with Gasteiger partial charge in [-0.05, 0) is 37.0 Å². The van der Waals surface area contributed by atoms with E-state index in [0.29, 0.717) is 22.9 Å². The summed E-state index contributed by atoms with van der Waals surface area (Å²) in [5, 5.41) is 11.5. The van der Waals surface area contributed by atoms with Crippen LogP contribution in [0.5, 0.6) is 5.75 Å². The van der Waals surface area contributed by atoms with Gasteiger partial charge in [0.2, 0.25) is 0 Å². The first-order valence-corrected chi connectivity index (χ1v) is 5.88. The van der Waals surface area contributed by atoms with Crippen molar-refractivity contribution < 1.29 is 9.53 Å². The summed E-state index contributed by atoms with van der Waals surface area (Å²) in [6, 6.07) is 6.71. The lowest BCUT2D eigenvalue weighted by Gasteiger charge is -2.09. The Morgan fingerprint density at radius 1 is 1.56 bits per heavy atom. The van der Waals surface area contributed by atoms with Gasteiger partial charge in [0, 0.05) is 6.54 Å². The van der Waals surface area contributed by atoms with Crippen molar-refractivity contribution >= 4 is 11.6 Å². The van der Waals surface area contributed by atoms with Gasteiger partial charge in [0.15, 0.2) is 6.61 Å². The van der Waals surface area contributed by atoms with E-state index < -0.39 is 0 Å². The topological polar surface area (TPSA) is 88.1 Å². The first kappa shape index (κ1) is 12.2. The molecule has 0 bridgehead atoms. The molecular weight excluding hydrogens is 230 g/mol. The van der Waals surface area contributed by atoms with Gasteiger partial charge in [-0.15, -0.1) is 0 Å². The van der Waals surface area contributed by atoms with Gasteiger partial charge < -0.3 is 15.8 Å². The van der Waals surface area contributed by atoms with Crippen LogP contribution in [0.3, 0.4) is 0 Å². The van der Waals surface area contributed by atoms with E-state index in [1.807, 2.05) is 6.07 Å². The molecule has 1 aliphatic rings. The fourth-order valence-corrected chi connectivity index (χ4v) is 1.52. The molecule has 2 rings (SSSR count). The summed E-state index contributed by atoms with van der Waals surface area (Å²) in [6.45, 7) is 0.674. The summed E-state index contributed by atoms with van der Waals surface area (Å²) in [6.07, 6.45) is 2.40. The van der Waals surface area contributed by atoms with Gasteiger partial charge in [-0.1, -0.05) is 0 Å². The van der Waals surface area contributed by atoms with E-state index >= 15 is 0 Å². The molecule has 94 valence electrons. The number of ether oxygens (including phenoxy) is 1. The highest BCUT2D eigenvalue weighted by molar-refractivity contribution is 5.77. The van der Waals surface area contributed by atoms with Gasteiger partial charge in [0.25, 0.3) is 5.91 Å². The smallest absolute Gasteiger partial charge is 0.257 e. The molecule has 1 fully saturated rings. The SMILES string of the molecule is N#Cc1ccc(OCC(=O)NCC2CC2)c(N)c1. The lowest BCUT2D eigenvalue weighted by Crippen LogP contribution is -2.30. The van der Waals surface area contributed by atoms with Crippen LogP contribution in [-0.4, -0.2) is 19.1 Å². The summed E-state index contributed by atoms with van der Waals surface area (Å²) in [5.41, 5.74) is 6.54. The molecule has 0 aromatic heterocycles. The molecule has 0 saturated heterocycles. The Labute approximate surface area is 106 Å². The zero-order valence-electron chi connectivity index (χ0n) is 9.98. The minimum Gasteiger partial charge on any atom is -0.482 e. The fraction of sp³-hybridized carbons (Fsp3) is 0.385. The molecular formula is C13H15N3O2. The number of rotatable bonds is 5. The molecule has 1 saturated carbocycles. The number of nitrogens with zero attached hydrogens (tertiary/aromatic N) is 1. The van der Waals surface area contributed by atoms with Crippen LogP contribution in [0.1, 0.15) is 18.4 Å². The zero-order valence-corrected chi connectivity index (χ0v) is 9.98. The van der Waals surface area contributed by atoms with E-state index in [1.54, 1.807) is 12.1 Å². The highest BCUT2D eigenvalue weighted by atomic mass is 16.5. The van der Waals surface area contributed by atoms with E-state index in [2.05, 4.69) is 5.32 Å². The molecule has 1 aliphatic carbocycles. The number of nitriles is 1. The second-order valence-corrected chi connectivity index (χ2v) is 4.40. The van der Waals surface area contributed by atoms with Gasteiger partial charge in [0.1, 0.15) is 5.75 Å². The summed E-state index contributed by atoms with van der Waals surface area (Å²) < 4.78 is 5.30. The third-order valence-electron chi connectivity index (χ3n) is 2.78. The lowest BCUT2D eigenvalue weighted by molar-refractivity contribution is -0.123. The predicted octanol–water partition coefficient (Wildman–Crippen LogP) is 1.05. The Morgan fingerprint density at radius 2 is 2.33 bits per heavy atom. The molecule has 0 aliphatic heterocycles. The second kappa shape index (κ2) is 5.41. The number of carbonyl (C=O) groups excluding carboxylic acids is 1. The first-order chi connectivity index (χ1) is 8.69. The summed E-state index contributed by atoms with van der Waals surface area (Å²) in [7, 11) is 0. The Bertz CT molecular complexity index is 489. The molecule has 1 amide bonds. The van der Waals surface area contributed by atoms with Gasteiger partial charge in [-0.2, -0.15) is 5.26 Å². The summed E-state index contributed by atoms with van der Waals surface area (Å²) in [4.78, 5) is 11.5. The maximum absolute atomic E-state index is 11.5. The highest BCUT2D eigenvalue weighted by Gasteiger charge is 2.21. The highest BCUT2D eigenvalue weighted by Crippen LogP contribution is 2.27. The quantitative estimate of drug-likeness (QED) is 0.759. The third kappa shape index (κ3) is 3.39. The van der Waals surface area contributed by atoms with Crippen LogP contribution in [-0.2, 0) is 4.79 Å². The van der Waals surface area contributed by atoms with Crippen molar-refractivity contribution in [3.05, 3.63) is 23.8 Å². The van der Waals surface area contributed by atoms with Crippen molar-refractivity contribution in [2.24, 2.45) is 5.92 Å². The van der Waals surface area contributed by atoms with Gasteiger partial charge in [-0.3, -0.25) is 4.79 Å². The van der Waals surface area contributed by atoms with Gasteiger partial charge >= 0.3 is 0 Å². The average molecular weight is 245 g/mol. The number of anilines is 1. The van der Waals surface area contributed by atoms with Gasteiger partial charge in [0.05, 0.1) is 17.3 Å². The molecule has 1 aromatic rings. The van der Waals surface area contributed by atoms with Crippen LogP contribution >= 0.6 is 0 Å². The fourth-order valence-electron chi connectivity index (χ4n) is 1.52. The van der Waals surface area contributed by atoms with Crippen molar-refractivity contribution in [3.8, 4) is 11.8 Å². The van der Waals surface area contributed by atoms with Crippen LogP contribution in [0, 0.1) is 17.2 Å². The minimum absolute atomic E-state index is 0.0528. The average Bonchev–Trinajstić information content (AvgIpc) is 3.18. The zero-order chi connectivity index (χ0) is 13.0. The number of hydrogen-bond donors (Lipinski definition) is 2. The van der Waals surface area contributed by atoms with Crippen LogP contribution < -0.4 is 15.8 Å². The summed E-state index contributed by atoms with van der Waals surface area (Å²) >= 11 is 0. The van der Waals surface area contributed by atoms with Crippen LogP contribution in [0.2, 0.25) is 0 Å². The molecule has 0 spiro atoms. The number of benzene rings is 1. The summed E-state index contributed by atoms with van der Waals surface area (Å²) in [5.74, 6) is 0.926. The number of nitrogens with one attached hydrogen (secondary N) is 1. The number of amides is 1. The van der Waals surface area contributed by atoms with E-state index in [4.69, 9.17) is 15.7 Å². The standard InChI is InChI=1S/C13H15N3O2/c14-6-10-3-4-12(11(15)5-10)18-8-13(17)16-7-9-1-2-9/h3-5,9H,1-2,7-8,15H2,(H,16,17). The largest absolute Gasteiger partial charge is 0.482 e. The van der Waals surface area contributed by atoms with Gasteiger partial charge in [-0.25, -0.2) is 0 Å². The molecule has 18 heavy (non-hydrogen) atoms. The Hall–Kier alpha value is -2.22. The minimum atomic E-state index is -0.148. The van der Waals surface area contributed by atoms with Crippen molar-refractivity contribution in [2.45, 2.75) is 12.8 Å². The van der Waals surface area contributed by atoms with Crippen LogP contribution in [0.25, 0.3) is 0 Å². The first-order valence-electron chi connectivity index (χ1n) is 5.88. The van der Waals surface area contributed by atoms with Crippen molar-refractivity contribution in [1.29, 1.82) is 5.26 Å².